The average molecular weight is 929 g/mol. The summed E-state index contributed by atoms with van der Waals surface area (Å²) < 4.78 is 12.2. The van der Waals surface area contributed by atoms with Crippen LogP contribution in [0.5, 0.6) is 12.0 Å². The number of aliphatic imine (C=N–C) groups is 2. The number of nitrogens with zero attached hydrogens (tertiary/aromatic N) is 10. The Bertz CT molecular complexity index is 2240. The molecule has 6 heterocycles. The Morgan fingerprint density at radius 3 is 1.35 bits per heavy atom. The Hall–Kier alpha value is -6.14. The van der Waals surface area contributed by atoms with Crippen LogP contribution >= 0.6 is 0 Å². The Morgan fingerprint density at radius 2 is 0.971 bits per heavy atom. The third-order valence-corrected chi connectivity index (χ3v) is 12.9. The molecule has 4 aliphatic rings. The summed E-state index contributed by atoms with van der Waals surface area (Å²) in [5.74, 6) is 0.303. The molecule has 18 heteroatoms. The van der Waals surface area contributed by atoms with Crippen molar-refractivity contribution < 1.29 is 19.1 Å². The fraction of sp³-hybridized carbons (Fsp3) is 0.560. The molecule has 8 rings (SSSR count). The molecule has 4 N–H and O–H groups in total. The molecule has 4 unspecified atom stereocenters. The van der Waals surface area contributed by atoms with E-state index in [4.69, 9.17) is 9.47 Å². The molecule has 4 atom stereocenters. The van der Waals surface area contributed by atoms with Gasteiger partial charge in [0.2, 0.25) is 11.9 Å². The first-order valence-electron chi connectivity index (χ1n) is 24.2. The Balaban J connectivity index is 0.979. The summed E-state index contributed by atoms with van der Waals surface area (Å²) in [5.41, 5.74) is 1.73. The van der Waals surface area contributed by atoms with Gasteiger partial charge in [0.15, 0.2) is 0 Å². The number of amides is 2. The number of nitrogens with one attached hydrogen (secondary N) is 4. The minimum atomic E-state index is -0.209. The summed E-state index contributed by atoms with van der Waals surface area (Å²) in [5, 5.41) is 14.9. The van der Waals surface area contributed by atoms with Crippen molar-refractivity contribution in [3.05, 3.63) is 71.8 Å². The number of anilines is 2. The maximum atomic E-state index is 12.9. The second-order valence-corrected chi connectivity index (χ2v) is 20.7. The molecule has 0 spiro atoms. The molecule has 4 saturated heterocycles. The molecule has 0 radical (unpaired) electrons. The molecule has 0 aliphatic carbocycles. The molecule has 4 aromatic rings. The number of hydrogen-bond donors (Lipinski definition) is 4. The first kappa shape index (κ1) is 48.3. The maximum absolute atomic E-state index is 12.9. The molecule has 0 saturated carbocycles. The van der Waals surface area contributed by atoms with E-state index >= 15 is 0 Å². The lowest BCUT2D eigenvalue weighted by Crippen LogP contribution is -2.62. The fourth-order valence-electron chi connectivity index (χ4n) is 10.8. The number of carbonyl (C=O) groups excluding carboxylic acids is 2. The molecule has 2 aromatic heterocycles. The van der Waals surface area contributed by atoms with Crippen molar-refractivity contribution in [2.75, 3.05) is 50.0 Å². The van der Waals surface area contributed by atoms with Gasteiger partial charge >= 0.3 is 12.0 Å². The van der Waals surface area contributed by atoms with E-state index in [-0.39, 0.29) is 83.2 Å². The monoisotopic (exact) mass is 929 g/mol. The molecule has 0 bridgehead atoms. The van der Waals surface area contributed by atoms with E-state index in [2.05, 4.69) is 151 Å². The van der Waals surface area contributed by atoms with Crippen molar-refractivity contribution in [1.29, 1.82) is 0 Å². The predicted molar refractivity (Wildman–Crippen MR) is 263 cm³/mol. The summed E-state index contributed by atoms with van der Waals surface area (Å²) in [7, 11) is 0. The molecule has 4 fully saturated rings. The number of benzene rings is 2. The van der Waals surface area contributed by atoms with E-state index in [0.29, 0.717) is 38.1 Å². The summed E-state index contributed by atoms with van der Waals surface area (Å²) >= 11 is 0. The number of piperidine rings is 2. The van der Waals surface area contributed by atoms with Gasteiger partial charge in [-0.05, 0) is 117 Å². The Kier molecular flexibility index (Phi) is 14.9. The Labute approximate surface area is 400 Å². The zero-order valence-electron chi connectivity index (χ0n) is 40.5. The van der Waals surface area contributed by atoms with Gasteiger partial charge in [-0.3, -0.25) is 9.59 Å². The van der Waals surface area contributed by atoms with Crippen LogP contribution in [0.15, 0.2) is 70.6 Å². The number of rotatable bonds is 17. The number of ether oxygens (including phenoxy) is 2. The average Bonchev–Trinajstić information content (AvgIpc) is 4.02. The van der Waals surface area contributed by atoms with Crippen LogP contribution in [0, 0.1) is 0 Å². The van der Waals surface area contributed by atoms with Crippen molar-refractivity contribution in [2.24, 2.45) is 9.98 Å². The van der Waals surface area contributed by atoms with E-state index in [9.17, 15) is 9.59 Å². The van der Waals surface area contributed by atoms with Gasteiger partial charge in [0.05, 0.1) is 12.4 Å². The molecular weight excluding hydrogens is 861 g/mol. The van der Waals surface area contributed by atoms with Crippen LogP contribution in [0.4, 0.5) is 23.8 Å². The smallest absolute Gasteiger partial charge is 0.323 e. The fourth-order valence-corrected chi connectivity index (χ4v) is 10.8. The largest absolute Gasteiger partial charge is 0.460 e. The second kappa shape index (κ2) is 21.0. The van der Waals surface area contributed by atoms with Gasteiger partial charge in [-0.25, -0.2) is 9.98 Å². The minimum Gasteiger partial charge on any atom is -0.460 e. The van der Waals surface area contributed by atoms with Gasteiger partial charge in [-0.15, -0.1) is 0 Å². The molecule has 68 heavy (non-hydrogen) atoms. The number of hydrogen-bond acceptors (Lipinski definition) is 16. The molecule has 362 valence electrons. The van der Waals surface area contributed by atoms with Crippen LogP contribution in [0.3, 0.4) is 0 Å². The van der Waals surface area contributed by atoms with Crippen LogP contribution < -0.4 is 30.7 Å². The highest BCUT2D eigenvalue weighted by atomic mass is 16.5. The summed E-state index contributed by atoms with van der Waals surface area (Å²) in [6.07, 6.45) is 11.3. The molecule has 18 nitrogen and oxygen atoms in total. The van der Waals surface area contributed by atoms with Gasteiger partial charge in [-0.1, -0.05) is 60.7 Å². The van der Waals surface area contributed by atoms with Crippen LogP contribution in [-0.2, 0) is 22.4 Å². The molecule has 2 amide bonds. The highest BCUT2D eigenvalue weighted by Crippen LogP contribution is 2.35. The first-order valence-corrected chi connectivity index (χ1v) is 24.2. The van der Waals surface area contributed by atoms with E-state index in [1.165, 1.54) is 23.6 Å². The third-order valence-electron chi connectivity index (χ3n) is 12.9. The standard InChI is InChI=1S/C50H68N14O4/c1-47(2)29-37(31-49(5,61-47)27-35-17-9-7-10-18-35)53-43-55-41(51-33-39(65)63-21-13-14-22-63)57-45(59-43)67-25-26-68-46-58-42(52-34-40(66)64-23-15-16-24-64)56-44(60-46)54-38-30-48(3,4)62-50(6,32-38)28-36-19-11-8-12-20-36/h7-12,17-20,33-34,37-38,61-62H,13-16,21-32H2,1-6H3,(H,53,55,57,59)(H,54,56,58,60). The highest BCUT2D eigenvalue weighted by molar-refractivity contribution is 6.27. The lowest BCUT2D eigenvalue weighted by molar-refractivity contribution is -0.123. The number of aromatic nitrogens is 6. The van der Waals surface area contributed by atoms with Crippen molar-refractivity contribution in [1.82, 2.24) is 50.3 Å². The van der Waals surface area contributed by atoms with Crippen molar-refractivity contribution in [3.8, 4) is 12.0 Å². The van der Waals surface area contributed by atoms with Gasteiger partial charge in [-0.2, -0.15) is 29.9 Å². The van der Waals surface area contributed by atoms with Gasteiger partial charge in [0.25, 0.3) is 23.7 Å². The van der Waals surface area contributed by atoms with Crippen molar-refractivity contribution in [2.45, 2.75) is 140 Å². The van der Waals surface area contributed by atoms with Gasteiger partial charge < -0.3 is 40.5 Å². The van der Waals surface area contributed by atoms with Gasteiger partial charge in [0, 0.05) is 60.4 Å². The number of likely N-dealkylation sites (tertiary alicyclic amines) is 2. The SMILES string of the molecule is CC1(C)CC(Nc2nc(N=CC(=O)N3CCCC3)nc(OCCOc3nc(N=CC(=O)N4CCCC4)nc(NC4CC(C)(C)NC(C)(Cc5ccccc5)C4)n3)n2)CC(C)(Cc2ccccc2)N1. The van der Waals surface area contributed by atoms with E-state index in [1.807, 2.05) is 12.1 Å². The zero-order chi connectivity index (χ0) is 47.8. The second-order valence-electron chi connectivity index (χ2n) is 20.7. The normalized spacial score (nSPS) is 24.6. The molecular formula is C50H68N14O4. The summed E-state index contributed by atoms with van der Waals surface area (Å²) in [4.78, 5) is 65.7. The van der Waals surface area contributed by atoms with E-state index in [0.717, 1.165) is 64.2 Å². The van der Waals surface area contributed by atoms with Crippen molar-refractivity contribution in [3.63, 3.8) is 0 Å². The summed E-state index contributed by atoms with van der Waals surface area (Å²) in [6.45, 7) is 16.1. The molecule has 4 aliphatic heterocycles. The topological polar surface area (TPSA) is 209 Å². The lowest BCUT2D eigenvalue weighted by Gasteiger charge is -2.48. The minimum absolute atomic E-state index is 0.00399. The van der Waals surface area contributed by atoms with Gasteiger partial charge in [0.1, 0.15) is 13.2 Å². The van der Waals surface area contributed by atoms with Crippen LogP contribution in [0.1, 0.15) is 104 Å². The molecule has 2 aromatic carbocycles. The summed E-state index contributed by atoms with van der Waals surface area (Å²) in [6, 6.07) is 21.0. The van der Waals surface area contributed by atoms with E-state index < -0.39 is 0 Å². The third kappa shape index (κ3) is 13.7. The van der Waals surface area contributed by atoms with E-state index in [1.54, 1.807) is 9.80 Å². The van der Waals surface area contributed by atoms with Crippen LogP contribution in [0.25, 0.3) is 0 Å². The van der Waals surface area contributed by atoms with Crippen molar-refractivity contribution >= 4 is 48.0 Å². The van der Waals surface area contributed by atoms with Crippen LogP contribution in [0.2, 0.25) is 0 Å². The first-order chi connectivity index (χ1) is 32.6. The number of carbonyl (C=O) groups is 2. The predicted octanol–water partition coefficient (Wildman–Crippen LogP) is 6.05. The maximum Gasteiger partial charge on any atom is 0.323 e. The van der Waals surface area contributed by atoms with Crippen LogP contribution in [-0.4, -0.2) is 138 Å². The quantitative estimate of drug-likeness (QED) is 0.0702. The highest BCUT2D eigenvalue weighted by Gasteiger charge is 2.42. The Morgan fingerprint density at radius 1 is 0.588 bits per heavy atom. The zero-order valence-corrected chi connectivity index (χ0v) is 40.5. The lowest BCUT2D eigenvalue weighted by atomic mass is 9.76.